The number of ketones is 1. The van der Waals surface area contributed by atoms with E-state index in [0.29, 0.717) is 16.9 Å². The monoisotopic (exact) mass is 284 g/mol. The third-order valence-corrected chi connectivity index (χ3v) is 3.20. The predicted octanol–water partition coefficient (Wildman–Crippen LogP) is 4.14. The summed E-state index contributed by atoms with van der Waals surface area (Å²) < 4.78 is 23.9. The van der Waals surface area contributed by atoms with Gasteiger partial charge in [0, 0.05) is 5.39 Å². The van der Waals surface area contributed by atoms with Crippen LogP contribution in [0.5, 0.6) is 5.75 Å². The Morgan fingerprint density at radius 1 is 1.19 bits per heavy atom. The van der Waals surface area contributed by atoms with Gasteiger partial charge >= 0.3 is 0 Å². The molecule has 0 aliphatic carbocycles. The third kappa shape index (κ3) is 2.79. The van der Waals surface area contributed by atoms with Crippen LogP contribution in [0.4, 0.5) is 4.39 Å². The summed E-state index contributed by atoms with van der Waals surface area (Å²) in [6.45, 7) is 1.58. The molecule has 0 radical (unpaired) electrons. The molecule has 21 heavy (non-hydrogen) atoms. The molecule has 2 aromatic carbocycles. The van der Waals surface area contributed by atoms with E-state index in [1.54, 1.807) is 19.1 Å². The van der Waals surface area contributed by atoms with Crippen molar-refractivity contribution in [3.05, 3.63) is 65.7 Å². The number of hydrogen-bond donors (Lipinski definition) is 0. The maximum absolute atomic E-state index is 13.0. The van der Waals surface area contributed by atoms with Crippen LogP contribution < -0.4 is 4.74 Å². The summed E-state index contributed by atoms with van der Waals surface area (Å²) in [6.07, 6.45) is 0. The number of ether oxygens (including phenoxy) is 1. The summed E-state index contributed by atoms with van der Waals surface area (Å²) in [7, 11) is 0. The van der Waals surface area contributed by atoms with E-state index in [-0.39, 0.29) is 24.0 Å². The van der Waals surface area contributed by atoms with E-state index in [2.05, 4.69) is 0 Å². The molecule has 0 N–H and O–H groups in total. The number of halogens is 1. The van der Waals surface area contributed by atoms with Gasteiger partial charge in [0.25, 0.3) is 0 Å². The van der Waals surface area contributed by atoms with Crippen LogP contribution in [-0.2, 0) is 0 Å². The molecular formula is C17H13FO3. The topological polar surface area (TPSA) is 39.4 Å². The minimum absolute atomic E-state index is 0.147. The number of para-hydroxylation sites is 1. The number of Topliss-reactive ketones (excluding diaryl/α,β-unsaturated/α-hetero) is 1. The van der Waals surface area contributed by atoms with Crippen LogP contribution >= 0.6 is 0 Å². The van der Waals surface area contributed by atoms with Gasteiger partial charge in [-0.3, -0.25) is 4.79 Å². The second-order valence-electron chi connectivity index (χ2n) is 4.77. The Morgan fingerprint density at radius 2 is 2.00 bits per heavy atom. The van der Waals surface area contributed by atoms with Gasteiger partial charge in [-0.2, -0.15) is 0 Å². The molecule has 0 unspecified atom stereocenters. The maximum Gasteiger partial charge on any atom is 0.235 e. The van der Waals surface area contributed by atoms with Crippen LogP contribution in [0, 0.1) is 12.7 Å². The van der Waals surface area contributed by atoms with Crippen molar-refractivity contribution in [3.8, 4) is 5.75 Å². The fourth-order valence-corrected chi connectivity index (χ4v) is 2.11. The van der Waals surface area contributed by atoms with Crippen molar-refractivity contribution >= 4 is 16.8 Å². The number of carbonyl (C=O) groups is 1. The Kier molecular flexibility index (Phi) is 3.44. The van der Waals surface area contributed by atoms with Gasteiger partial charge in [-0.1, -0.05) is 18.2 Å². The lowest BCUT2D eigenvalue weighted by Gasteiger charge is -2.07. The van der Waals surface area contributed by atoms with Crippen LogP contribution in [0.2, 0.25) is 0 Å². The minimum atomic E-state index is -0.330. The smallest absolute Gasteiger partial charge is 0.235 e. The number of benzene rings is 2. The normalized spacial score (nSPS) is 10.8. The van der Waals surface area contributed by atoms with E-state index in [1.807, 2.05) is 18.2 Å². The molecule has 0 aliphatic rings. The first-order chi connectivity index (χ1) is 10.1. The molecule has 106 valence electrons. The second-order valence-corrected chi connectivity index (χ2v) is 4.77. The van der Waals surface area contributed by atoms with Crippen LogP contribution in [0.15, 0.2) is 52.9 Å². The maximum atomic E-state index is 13.0. The minimum Gasteiger partial charge on any atom is -0.485 e. The van der Waals surface area contributed by atoms with Gasteiger partial charge in [0.1, 0.15) is 17.1 Å². The average Bonchev–Trinajstić information content (AvgIpc) is 2.90. The van der Waals surface area contributed by atoms with Crippen LogP contribution in [0.1, 0.15) is 16.1 Å². The number of carbonyl (C=O) groups excluding carboxylic acids is 1. The van der Waals surface area contributed by atoms with Gasteiger partial charge in [0.15, 0.2) is 12.4 Å². The summed E-state index contributed by atoms with van der Waals surface area (Å²) in [4.78, 5) is 12.1. The first-order valence-electron chi connectivity index (χ1n) is 6.54. The lowest BCUT2D eigenvalue weighted by atomic mass is 10.2. The summed E-state index contributed by atoms with van der Waals surface area (Å²) in [5.74, 6) is 0.162. The van der Waals surface area contributed by atoms with Crippen molar-refractivity contribution in [1.82, 2.24) is 0 Å². The number of fused-ring (bicyclic) bond motifs is 1. The number of furan rings is 1. The fourth-order valence-electron chi connectivity index (χ4n) is 2.11. The van der Waals surface area contributed by atoms with Crippen LogP contribution in [0.25, 0.3) is 11.0 Å². The molecule has 0 amide bonds. The van der Waals surface area contributed by atoms with E-state index in [9.17, 15) is 9.18 Å². The number of aryl methyl sites for hydroxylation is 1. The van der Waals surface area contributed by atoms with Crippen LogP contribution in [-0.4, -0.2) is 12.4 Å². The molecule has 0 bridgehead atoms. The largest absolute Gasteiger partial charge is 0.485 e. The van der Waals surface area contributed by atoms with Crippen molar-refractivity contribution in [2.75, 3.05) is 6.61 Å². The van der Waals surface area contributed by atoms with Gasteiger partial charge < -0.3 is 9.15 Å². The van der Waals surface area contributed by atoms with Gasteiger partial charge in [-0.15, -0.1) is 0 Å². The molecule has 0 aliphatic heterocycles. The van der Waals surface area contributed by atoms with E-state index in [0.717, 1.165) is 5.39 Å². The zero-order valence-corrected chi connectivity index (χ0v) is 11.4. The Bertz CT molecular complexity index is 772. The number of hydrogen-bond acceptors (Lipinski definition) is 3. The van der Waals surface area contributed by atoms with E-state index >= 15 is 0 Å². The molecule has 0 atom stereocenters. The average molecular weight is 284 g/mol. The van der Waals surface area contributed by atoms with Crippen molar-refractivity contribution in [3.63, 3.8) is 0 Å². The molecule has 0 saturated heterocycles. The van der Waals surface area contributed by atoms with Crippen molar-refractivity contribution in [1.29, 1.82) is 0 Å². The highest BCUT2D eigenvalue weighted by Gasteiger charge is 2.13. The zero-order chi connectivity index (χ0) is 14.8. The Labute approximate surface area is 120 Å². The first-order valence-corrected chi connectivity index (χ1v) is 6.54. The summed E-state index contributed by atoms with van der Waals surface area (Å²) in [5, 5.41) is 0.874. The second kappa shape index (κ2) is 5.40. The molecule has 1 aromatic heterocycles. The molecular weight excluding hydrogens is 271 g/mol. The highest BCUT2D eigenvalue weighted by molar-refractivity contribution is 5.98. The number of rotatable bonds is 4. The molecule has 3 nitrogen and oxygen atoms in total. The van der Waals surface area contributed by atoms with E-state index < -0.39 is 0 Å². The van der Waals surface area contributed by atoms with Crippen molar-refractivity contribution in [2.24, 2.45) is 0 Å². The van der Waals surface area contributed by atoms with Gasteiger partial charge in [-0.25, -0.2) is 4.39 Å². The van der Waals surface area contributed by atoms with E-state index in [1.165, 1.54) is 18.2 Å². The molecule has 0 spiro atoms. The molecule has 1 heterocycles. The van der Waals surface area contributed by atoms with E-state index in [4.69, 9.17) is 9.15 Å². The molecule has 3 rings (SSSR count). The highest BCUT2D eigenvalue weighted by atomic mass is 19.1. The summed E-state index contributed by atoms with van der Waals surface area (Å²) in [5.41, 5.74) is 1.31. The highest BCUT2D eigenvalue weighted by Crippen LogP contribution is 2.21. The summed E-state index contributed by atoms with van der Waals surface area (Å²) >= 11 is 0. The van der Waals surface area contributed by atoms with Crippen molar-refractivity contribution < 1.29 is 18.3 Å². The molecule has 0 fully saturated rings. The third-order valence-electron chi connectivity index (χ3n) is 3.20. The van der Waals surface area contributed by atoms with Gasteiger partial charge in [0.2, 0.25) is 5.78 Å². The molecule has 0 saturated carbocycles. The van der Waals surface area contributed by atoms with Gasteiger partial charge in [0.05, 0.1) is 0 Å². The SMILES string of the molecule is Cc1cc(F)ccc1OCC(=O)c1cc2ccccc2o1. The Morgan fingerprint density at radius 3 is 2.76 bits per heavy atom. The first kappa shape index (κ1) is 13.4. The molecule has 3 aromatic rings. The Hall–Kier alpha value is -2.62. The predicted molar refractivity (Wildman–Crippen MR) is 77.2 cm³/mol. The fraction of sp³-hybridized carbons (Fsp3) is 0.118. The van der Waals surface area contributed by atoms with Crippen LogP contribution in [0.3, 0.4) is 0 Å². The zero-order valence-electron chi connectivity index (χ0n) is 11.4. The van der Waals surface area contributed by atoms with Gasteiger partial charge in [-0.05, 0) is 42.8 Å². The van der Waals surface area contributed by atoms with Crippen molar-refractivity contribution in [2.45, 2.75) is 6.92 Å². The standard InChI is InChI=1S/C17H13FO3/c1-11-8-13(18)6-7-15(11)20-10-14(19)17-9-12-4-2-3-5-16(12)21-17/h2-9H,10H2,1H3. The quantitative estimate of drug-likeness (QED) is 0.676. The Balaban J connectivity index is 1.74. The lowest BCUT2D eigenvalue weighted by molar-refractivity contribution is 0.0895. The lowest BCUT2D eigenvalue weighted by Crippen LogP contribution is -2.11. The molecule has 4 heteroatoms. The summed E-state index contributed by atoms with van der Waals surface area (Å²) in [6, 6.07) is 13.3.